The maximum absolute atomic E-state index is 12.0. The lowest BCUT2D eigenvalue weighted by atomic mass is 10.2. The normalized spacial score (nSPS) is 11.0. The molecule has 2 N–H and O–H groups in total. The molecule has 0 heterocycles. The Labute approximate surface area is 121 Å². The molecule has 0 aliphatic carbocycles. The van der Waals surface area contributed by atoms with E-state index in [0.29, 0.717) is 0 Å². The Morgan fingerprint density at radius 2 is 1.95 bits per heavy atom. The molecule has 1 rings (SSSR count). The molecular formula is C12H15NO7S. The number of nitrogens with one attached hydrogen (secondary N) is 1. The van der Waals surface area contributed by atoms with Crippen LogP contribution in [0.15, 0.2) is 23.1 Å². The van der Waals surface area contributed by atoms with Crippen molar-refractivity contribution in [2.75, 3.05) is 20.8 Å². The van der Waals surface area contributed by atoms with Gasteiger partial charge in [-0.05, 0) is 12.1 Å². The highest BCUT2D eigenvalue weighted by atomic mass is 32.2. The molecule has 8 nitrogen and oxygen atoms in total. The van der Waals surface area contributed by atoms with Gasteiger partial charge in [-0.1, -0.05) is 0 Å². The van der Waals surface area contributed by atoms with Crippen molar-refractivity contribution in [2.24, 2.45) is 0 Å². The molecule has 0 aromatic heterocycles. The zero-order valence-corrected chi connectivity index (χ0v) is 12.3. The van der Waals surface area contributed by atoms with E-state index in [-0.39, 0.29) is 29.2 Å². The molecule has 0 atom stereocenters. The molecule has 0 bridgehead atoms. The lowest BCUT2D eigenvalue weighted by Crippen LogP contribution is -2.26. The van der Waals surface area contributed by atoms with E-state index in [0.717, 1.165) is 6.07 Å². The van der Waals surface area contributed by atoms with Gasteiger partial charge in [0.2, 0.25) is 10.0 Å². The summed E-state index contributed by atoms with van der Waals surface area (Å²) in [6.45, 7) is -0.237. The number of carbonyl (C=O) groups excluding carboxylic acids is 1. The fraction of sp³-hybridized carbons (Fsp3) is 0.333. The third kappa shape index (κ3) is 4.43. The van der Waals surface area contributed by atoms with Crippen LogP contribution in [0.2, 0.25) is 0 Å². The first-order valence-electron chi connectivity index (χ1n) is 5.79. The molecule has 1 aromatic rings. The first-order chi connectivity index (χ1) is 9.81. The van der Waals surface area contributed by atoms with E-state index in [1.807, 2.05) is 0 Å². The summed E-state index contributed by atoms with van der Waals surface area (Å²) in [6, 6.07) is 3.63. The molecule has 0 spiro atoms. The Morgan fingerprint density at radius 1 is 1.29 bits per heavy atom. The number of sulfonamides is 1. The second-order valence-electron chi connectivity index (χ2n) is 3.90. The SMILES string of the molecule is COC(=O)c1ccc(S(=O)(=O)NCCC(=O)O)cc1OC. The van der Waals surface area contributed by atoms with Crippen LogP contribution in [0.5, 0.6) is 5.75 Å². The highest BCUT2D eigenvalue weighted by Crippen LogP contribution is 2.23. The Kier molecular flexibility index (Phi) is 5.68. The van der Waals surface area contributed by atoms with Crippen molar-refractivity contribution in [1.29, 1.82) is 0 Å². The average Bonchev–Trinajstić information content (AvgIpc) is 2.45. The van der Waals surface area contributed by atoms with Gasteiger partial charge in [0.15, 0.2) is 0 Å². The number of ether oxygens (including phenoxy) is 2. The maximum Gasteiger partial charge on any atom is 0.341 e. The van der Waals surface area contributed by atoms with Crippen molar-refractivity contribution >= 4 is 22.0 Å². The highest BCUT2D eigenvalue weighted by molar-refractivity contribution is 7.89. The predicted octanol–water partition coefficient (Wildman–Crippen LogP) is 0.235. The summed E-state index contributed by atoms with van der Waals surface area (Å²) in [5.41, 5.74) is 0.0875. The molecule has 0 fully saturated rings. The van der Waals surface area contributed by atoms with E-state index in [4.69, 9.17) is 9.84 Å². The van der Waals surface area contributed by atoms with Crippen LogP contribution >= 0.6 is 0 Å². The topological polar surface area (TPSA) is 119 Å². The van der Waals surface area contributed by atoms with E-state index in [2.05, 4.69) is 9.46 Å². The largest absolute Gasteiger partial charge is 0.496 e. The smallest absolute Gasteiger partial charge is 0.341 e. The van der Waals surface area contributed by atoms with Gasteiger partial charge in [0, 0.05) is 12.6 Å². The molecule has 0 amide bonds. The number of hydrogen-bond acceptors (Lipinski definition) is 6. The van der Waals surface area contributed by atoms with Crippen LogP contribution in [-0.2, 0) is 19.6 Å². The van der Waals surface area contributed by atoms with Crippen LogP contribution in [0, 0.1) is 0 Å². The van der Waals surface area contributed by atoms with Crippen LogP contribution in [0.1, 0.15) is 16.8 Å². The zero-order chi connectivity index (χ0) is 16.0. The fourth-order valence-electron chi connectivity index (χ4n) is 1.49. The standard InChI is InChI=1S/C12H15NO7S/c1-19-10-7-8(3-4-9(10)12(16)20-2)21(17,18)13-6-5-11(14)15/h3-4,7,13H,5-6H2,1-2H3,(H,14,15). The van der Waals surface area contributed by atoms with Crippen LogP contribution in [-0.4, -0.2) is 46.2 Å². The molecule has 1 aromatic carbocycles. The number of carboxylic acid groups (broad SMARTS) is 1. The minimum Gasteiger partial charge on any atom is -0.496 e. The Morgan fingerprint density at radius 3 is 2.48 bits per heavy atom. The third-order valence-corrected chi connectivity index (χ3v) is 3.98. The molecule has 0 unspecified atom stereocenters. The molecule has 0 radical (unpaired) electrons. The summed E-state index contributed by atoms with van der Waals surface area (Å²) in [7, 11) is -1.40. The van der Waals surface area contributed by atoms with Gasteiger partial charge >= 0.3 is 11.9 Å². The van der Waals surface area contributed by atoms with Crippen molar-refractivity contribution in [3.8, 4) is 5.75 Å². The highest BCUT2D eigenvalue weighted by Gasteiger charge is 2.19. The number of esters is 1. The lowest BCUT2D eigenvalue weighted by molar-refractivity contribution is -0.136. The van der Waals surface area contributed by atoms with Crippen LogP contribution in [0.25, 0.3) is 0 Å². The van der Waals surface area contributed by atoms with Crippen molar-refractivity contribution in [1.82, 2.24) is 4.72 Å². The first-order valence-corrected chi connectivity index (χ1v) is 7.28. The molecule has 0 aliphatic heterocycles. The van der Waals surface area contributed by atoms with Gasteiger partial charge in [-0.3, -0.25) is 4.79 Å². The molecule has 0 saturated heterocycles. The molecule has 9 heteroatoms. The number of benzene rings is 1. The third-order valence-electron chi connectivity index (χ3n) is 2.52. The predicted molar refractivity (Wildman–Crippen MR) is 71.8 cm³/mol. The number of aliphatic carboxylic acids is 1. The first kappa shape index (κ1) is 16.9. The number of carboxylic acids is 1. The van der Waals surface area contributed by atoms with Crippen LogP contribution in [0.4, 0.5) is 0 Å². The van der Waals surface area contributed by atoms with Gasteiger partial charge in [0.25, 0.3) is 0 Å². The van der Waals surface area contributed by atoms with E-state index in [9.17, 15) is 18.0 Å². The van der Waals surface area contributed by atoms with E-state index in [1.165, 1.54) is 26.4 Å². The lowest BCUT2D eigenvalue weighted by Gasteiger charge is -2.10. The summed E-state index contributed by atoms with van der Waals surface area (Å²) in [5.74, 6) is -1.73. The zero-order valence-electron chi connectivity index (χ0n) is 11.5. The summed E-state index contributed by atoms with van der Waals surface area (Å²) >= 11 is 0. The number of methoxy groups -OCH3 is 2. The number of rotatable bonds is 7. The second-order valence-corrected chi connectivity index (χ2v) is 5.66. The van der Waals surface area contributed by atoms with Gasteiger partial charge in [0.05, 0.1) is 25.5 Å². The second kappa shape index (κ2) is 7.04. The van der Waals surface area contributed by atoms with Gasteiger partial charge < -0.3 is 14.6 Å². The molecule has 0 saturated carbocycles. The Hall–Kier alpha value is -2.13. The van der Waals surface area contributed by atoms with E-state index < -0.39 is 22.0 Å². The minimum atomic E-state index is -3.88. The fourth-order valence-corrected chi connectivity index (χ4v) is 2.54. The summed E-state index contributed by atoms with van der Waals surface area (Å²) < 4.78 is 35.6. The monoisotopic (exact) mass is 317 g/mol. The number of carbonyl (C=O) groups is 2. The quantitative estimate of drug-likeness (QED) is 0.691. The van der Waals surface area contributed by atoms with E-state index in [1.54, 1.807) is 0 Å². The summed E-state index contributed by atoms with van der Waals surface area (Å²) in [5, 5.41) is 8.48. The van der Waals surface area contributed by atoms with Gasteiger partial charge in [-0.2, -0.15) is 0 Å². The van der Waals surface area contributed by atoms with Crippen molar-refractivity contribution < 1.29 is 32.6 Å². The Bertz CT molecular complexity index is 639. The van der Waals surface area contributed by atoms with E-state index >= 15 is 0 Å². The van der Waals surface area contributed by atoms with Crippen molar-refractivity contribution in [3.05, 3.63) is 23.8 Å². The molecule has 21 heavy (non-hydrogen) atoms. The molecule has 0 aliphatic rings. The number of hydrogen-bond donors (Lipinski definition) is 2. The Balaban J connectivity index is 3.03. The van der Waals surface area contributed by atoms with Crippen molar-refractivity contribution in [3.63, 3.8) is 0 Å². The average molecular weight is 317 g/mol. The van der Waals surface area contributed by atoms with Crippen LogP contribution in [0.3, 0.4) is 0 Å². The molecule has 116 valence electrons. The summed E-state index contributed by atoms with van der Waals surface area (Å²) in [6.07, 6.45) is -0.337. The van der Waals surface area contributed by atoms with Gasteiger partial charge in [-0.15, -0.1) is 0 Å². The molecular weight excluding hydrogens is 302 g/mol. The maximum atomic E-state index is 12.0. The minimum absolute atomic E-state index is 0.0444. The van der Waals surface area contributed by atoms with Gasteiger partial charge in [-0.25, -0.2) is 17.9 Å². The summed E-state index contributed by atoms with van der Waals surface area (Å²) in [4.78, 5) is 21.7. The van der Waals surface area contributed by atoms with Crippen LogP contribution < -0.4 is 9.46 Å². The van der Waals surface area contributed by atoms with Gasteiger partial charge in [0.1, 0.15) is 11.3 Å². The van der Waals surface area contributed by atoms with Crippen molar-refractivity contribution in [2.45, 2.75) is 11.3 Å².